The minimum Gasteiger partial charge on any atom is -0.478 e. The molecular formula is C21H17BrN2O5S. The molecule has 0 unspecified atom stereocenters. The van der Waals surface area contributed by atoms with Crippen LogP contribution in [0.15, 0.2) is 76.1 Å². The minimum absolute atomic E-state index is 0.00510. The number of sulfonamides is 1. The Bertz CT molecular complexity index is 1210. The number of benzene rings is 3. The van der Waals surface area contributed by atoms with E-state index in [0.717, 1.165) is 5.56 Å². The first kappa shape index (κ1) is 21.5. The second kappa shape index (κ2) is 8.68. The molecule has 0 radical (unpaired) electrons. The van der Waals surface area contributed by atoms with Crippen molar-refractivity contribution in [1.29, 1.82) is 0 Å². The molecule has 0 aromatic heterocycles. The van der Waals surface area contributed by atoms with Crippen LogP contribution in [-0.2, 0) is 10.0 Å². The zero-order valence-electron chi connectivity index (χ0n) is 15.7. The first-order valence-electron chi connectivity index (χ1n) is 8.69. The molecule has 0 fully saturated rings. The van der Waals surface area contributed by atoms with Gasteiger partial charge in [0.05, 0.1) is 16.1 Å². The molecule has 3 rings (SSSR count). The Labute approximate surface area is 181 Å². The summed E-state index contributed by atoms with van der Waals surface area (Å²) in [5, 5.41) is 11.8. The Balaban J connectivity index is 1.77. The van der Waals surface area contributed by atoms with E-state index >= 15 is 0 Å². The van der Waals surface area contributed by atoms with Gasteiger partial charge in [-0.15, -0.1) is 0 Å². The molecule has 0 heterocycles. The summed E-state index contributed by atoms with van der Waals surface area (Å²) in [6.07, 6.45) is 0. The number of carboxylic acid groups (broad SMARTS) is 1. The molecule has 0 saturated heterocycles. The van der Waals surface area contributed by atoms with Crippen LogP contribution in [0.1, 0.15) is 26.3 Å². The summed E-state index contributed by atoms with van der Waals surface area (Å²) in [7, 11) is -3.81. The van der Waals surface area contributed by atoms with E-state index in [4.69, 9.17) is 0 Å². The van der Waals surface area contributed by atoms with E-state index < -0.39 is 21.9 Å². The van der Waals surface area contributed by atoms with Crippen LogP contribution in [0.5, 0.6) is 0 Å². The fourth-order valence-corrected chi connectivity index (χ4v) is 4.04. The van der Waals surface area contributed by atoms with Gasteiger partial charge in [-0.2, -0.15) is 0 Å². The second-order valence-electron chi connectivity index (χ2n) is 6.45. The molecule has 3 N–H and O–H groups in total. The van der Waals surface area contributed by atoms with Crippen molar-refractivity contribution < 1.29 is 23.1 Å². The molecule has 0 saturated carbocycles. The molecular weight excluding hydrogens is 472 g/mol. The highest BCUT2D eigenvalue weighted by Gasteiger charge is 2.17. The molecule has 154 valence electrons. The van der Waals surface area contributed by atoms with Crippen LogP contribution in [0.25, 0.3) is 0 Å². The lowest BCUT2D eigenvalue weighted by Gasteiger charge is -2.11. The van der Waals surface area contributed by atoms with E-state index in [2.05, 4.69) is 26.0 Å². The molecule has 0 spiro atoms. The molecule has 3 aromatic carbocycles. The maximum Gasteiger partial charge on any atom is 0.337 e. The average molecular weight is 489 g/mol. The van der Waals surface area contributed by atoms with Gasteiger partial charge in [0.25, 0.3) is 15.9 Å². The van der Waals surface area contributed by atoms with Gasteiger partial charge in [0.15, 0.2) is 0 Å². The minimum atomic E-state index is -3.81. The van der Waals surface area contributed by atoms with Gasteiger partial charge in [0.2, 0.25) is 0 Å². The van der Waals surface area contributed by atoms with Gasteiger partial charge in [-0.1, -0.05) is 33.6 Å². The number of hydrogen-bond donors (Lipinski definition) is 3. The first-order valence-corrected chi connectivity index (χ1v) is 11.0. The third-order valence-corrected chi connectivity index (χ3v) is 6.08. The van der Waals surface area contributed by atoms with Gasteiger partial charge in [-0.05, 0) is 61.5 Å². The van der Waals surface area contributed by atoms with Gasteiger partial charge < -0.3 is 10.4 Å². The van der Waals surface area contributed by atoms with Crippen LogP contribution in [0, 0.1) is 6.92 Å². The largest absolute Gasteiger partial charge is 0.478 e. The number of anilines is 2. The van der Waals surface area contributed by atoms with E-state index in [1.54, 1.807) is 30.3 Å². The normalized spacial score (nSPS) is 11.0. The Morgan fingerprint density at radius 3 is 2.17 bits per heavy atom. The highest BCUT2D eigenvalue weighted by molar-refractivity contribution is 9.10. The Kier molecular flexibility index (Phi) is 6.23. The van der Waals surface area contributed by atoms with E-state index in [1.807, 2.05) is 6.92 Å². The number of carboxylic acids is 1. The van der Waals surface area contributed by atoms with Crippen molar-refractivity contribution in [2.75, 3.05) is 10.0 Å². The summed E-state index contributed by atoms with van der Waals surface area (Å²) in [5.41, 5.74) is 1.68. The zero-order valence-corrected chi connectivity index (χ0v) is 18.1. The van der Waals surface area contributed by atoms with Crippen LogP contribution < -0.4 is 10.0 Å². The van der Waals surface area contributed by atoms with Crippen molar-refractivity contribution in [1.82, 2.24) is 0 Å². The second-order valence-corrected chi connectivity index (χ2v) is 9.04. The van der Waals surface area contributed by atoms with Crippen molar-refractivity contribution in [3.05, 3.63) is 87.9 Å². The van der Waals surface area contributed by atoms with Gasteiger partial charge in [-0.25, -0.2) is 13.2 Å². The smallest absolute Gasteiger partial charge is 0.337 e. The van der Waals surface area contributed by atoms with Crippen LogP contribution in [0.3, 0.4) is 0 Å². The summed E-state index contributed by atoms with van der Waals surface area (Å²) in [4.78, 5) is 23.8. The standard InChI is InChI=1S/C21H17BrN2O5S/c1-13-2-7-16(8-3-13)24-30(28,29)17-9-4-14(5-10-17)20(25)23-19-11-6-15(22)12-18(19)21(26)27/h2-12,24H,1H3,(H,23,25)(H,26,27). The Morgan fingerprint density at radius 1 is 0.933 bits per heavy atom. The summed E-state index contributed by atoms with van der Waals surface area (Å²) < 4.78 is 28.1. The van der Waals surface area contributed by atoms with Crippen molar-refractivity contribution in [2.45, 2.75) is 11.8 Å². The predicted molar refractivity (Wildman–Crippen MR) is 117 cm³/mol. The number of carbonyl (C=O) groups excluding carboxylic acids is 1. The van der Waals surface area contributed by atoms with Gasteiger partial charge in [0.1, 0.15) is 0 Å². The highest BCUT2D eigenvalue weighted by Crippen LogP contribution is 2.22. The van der Waals surface area contributed by atoms with Crippen molar-refractivity contribution in [3.63, 3.8) is 0 Å². The monoisotopic (exact) mass is 488 g/mol. The molecule has 1 amide bonds. The molecule has 3 aromatic rings. The lowest BCUT2D eigenvalue weighted by atomic mass is 10.1. The first-order chi connectivity index (χ1) is 14.2. The summed E-state index contributed by atoms with van der Waals surface area (Å²) in [6.45, 7) is 1.90. The molecule has 0 bridgehead atoms. The van der Waals surface area contributed by atoms with Crippen LogP contribution in [0.4, 0.5) is 11.4 Å². The van der Waals surface area contributed by atoms with E-state index in [-0.39, 0.29) is 21.7 Å². The maximum atomic E-state index is 12.5. The van der Waals surface area contributed by atoms with Crippen LogP contribution in [0.2, 0.25) is 0 Å². The number of amides is 1. The van der Waals surface area contributed by atoms with Gasteiger partial charge >= 0.3 is 5.97 Å². The van der Waals surface area contributed by atoms with Crippen LogP contribution >= 0.6 is 15.9 Å². The van der Waals surface area contributed by atoms with E-state index in [0.29, 0.717) is 10.2 Å². The maximum absolute atomic E-state index is 12.5. The molecule has 30 heavy (non-hydrogen) atoms. The van der Waals surface area contributed by atoms with Gasteiger partial charge in [0, 0.05) is 15.7 Å². The fourth-order valence-electron chi connectivity index (χ4n) is 2.62. The number of aryl methyl sites for hydroxylation is 1. The zero-order chi connectivity index (χ0) is 21.9. The third kappa shape index (κ3) is 5.05. The topological polar surface area (TPSA) is 113 Å². The highest BCUT2D eigenvalue weighted by atomic mass is 79.9. The quantitative estimate of drug-likeness (QED) is 0.472. The van der Waals surface area contributed by atoms with Crippen molar-refractivity contribution in [3.8, 4) is 0 Å². The summed E-state index contributed by atoms with van der Waals surface area (Å²) in [5.74, 6) is -1.74. The number of nitrogens with one attached hydrogen (secondary N) is 2. The van der Waals surface area contributed by atoms with Gasteiger partial charge in [-0.3, -0.25) is 9.52 Å². The van der Waals surface area contributed by atoms with Crippen molar-refractivity contribution >= 4 is 49.2 Å². The van der Waals surface area contributed by atoms with Crippen molar-refractivity contribution in [2.24, 2.45) is 0 Å². The number of carbonyl (C=O) groups is 2. The predicted octanol–water partition coefficient (Wildman–Crippen LogP) is 4.51. The number of hydrogen-bond acceptors (Lipinski definition) is 4. The molecule has 0 aliphatic heterocycles. The molecule has 0 atom stereocenters. The third-order valence-electron chi connectivity index (χ3n) is 4.19. The van der Waals surface area contributed by atoms with E-state index in [1.165, 1.54) is 36.4 Å². The average Bonchev–Trinajstić information content (AvgIpc) is 2.71. The summed E-state index contributed by atoms with van der Waals surface area (Å²) >= 11 is 3.19. The molecule has 7 nitrogen and oxygen atoms in total. The lowest BCUT2D eigenvalue weighted by Crippen LogP contribution is -2.16. The Hall–Kier alpha value is -3.17. The molecule has 0 aliphatic carbocycles. The SMILES string of the molecule is Cc1ccc(NS(=O)(=O)c2ccc(C(=O)Nc3ccc(Br)cc3C(=O)O)cc2)cc1. The molecule has 0 aliphatic rings. The fraction of sp³-hybridized carbons (Fsp3) is 0.0476. The number of rotatable bonds is 6. The number of halogens is 1. The van der Waals surface area contributed by atoms with E-state index in [9.17, 15) is 23.1 Å². The lowest BCUT2D eigenvalue weighted by molar-refractivity contribution is 0.0698. The summed E-state index contributed by atoms with van der Waals surface area (Å²) in [6, 6.07) is 16.7. The Morgan fingerprint density at radius 2 is 1.57 bits per heavy atom. The number of aromatic carboxylic acids is 1. The molecule has 9 heteroatoms. The van der Waals surface area contributed by atoms with Crippen LogP contribution in [-0.4, -0.2) is 25.4 Å².